The maximum atomic E-state index is 13.1. The van der Waals surface area contributed by atoms with Gasteiger partial charge in [-0.2, -0.15) is 13.2 Å². The lowest BCUT2D eigenvalue weighted by Gasteiger charge is -2.10. The Morgan fingerprint density at radius 2 is 2.08 bits per heavy atom. The van der Waals surface area contributed by atoms with Crippen LogP contribution in [-0.2, 0) is 12.7 Å². The number of fused-ring (bicyclic) bond motifs is 1. The number of rotatable bonds is 4. The molecule has 0 spiro atoms. The van der Waals surface area contributed by atoms with Crippen LogP contribution in [0.1, 0.15) is 24.2 Å². The topological polar surface area (TPSA) is 68.5 Å². The molecule has 1 N–H and O–H groups in total. The van der Waals surface area contributed by atoms with E-state index in [4.69, 9.17) is 0 Å². The molecule has 6 nitrogen and oxygen atoms in total. The van der Waals surface area contributed by atoms with Gasteiger partial charge < -0.3 is 9.88 Å². The van der Waals surface area contributed by atoms with Crippen LogP contribution in [0.5, 0.6) is 0 Å². The lowest BCUT2D eigenvalue weighted by molar-refractivity contribution is -0.144. The smallest absolute Gasteiger partial charge is 0.365 e. The van der Waals surface area contributed by atoms with Crippen molar-refractivity contribution in [2.75, 3.05) is 5.32 Å². The summed E-state index contributed by atoms with van der Waals surface area (Å²) in [5, 5.41) is 3.01. The molecule has 0 unspecified atom stereocenters. The number of alkyl halides is 3. The van der Waals surface area contributed by atoms with Crippen molar-refractivity contribution in [1.82, 2.24) is 24.5 Å². The summed E-state index contributed by atoms with van der Waals surface area (Å²) < 4.78 is 40.9. The average Bonchev–Trinajstić information content (AvgIpc) is 3.27. The summed E-state index contributed by atoms with van der Waals surface area (Å²) in [7, 11) is 0. The van der Waals surface area contributed by atoms with Crippen LogP contribution in [0.25, 0.3) is 11.2 Å². The molecule has 124 valence electrons. The van der Waals surface area contributed by atoms with E-state index in [1.54, 1.807) is 23.0 Å². The lowest BCUT2D eigenvalue weighted by atomic mass is 10.3. The van der Waals surface area contributed by atoms with Crippen LogP contribution in [0.2, 0.25) is 0 Å². The molecule has 3 heterocycles. The second-order valence-electron chi connectivity index (χ2n) is 5.72. The molecule has 24 heavy (non-hydrogen) atoms. The van der Waals surface area contributed by atoms with Crippen LogP contribution in [0, 0.1) is 0 Å². The summed E-state index contributed by atoms with van der Waals surface area (Å²) in [6, 6.07) is 3.77. The van der Waals surface area contributed by atoms with Crippen LogP contribution >= 0.6 is 0 Å². The Hall–Kier alpha value is -2.71. The maximum absolute atomic E-state index is 13.1. The van der Waals surface area contributed by atoms with Gasteiger partial charge in [-0.1, -0.05) is 6.07 Å². The quantitative estimate of drug-likeness (QED) is 0.794. The molecule has 3 aromatic rings. The van der Waals surface area contributed by atoms with E-state index in [2.05, 4.69) is 25.3 Å². The molecule has 0 saturated heterocycles. The molecule has 4 rings (SSSR count). The Kier molecular flexibility index (Phi) is 3.36. The number of pyridine rings is 1. The standard InChI is InChI=1S/C15H13F3N6/c16-15(17,18)14-22-12(21-10-3-4-10)11-13(23-14)24(8-20-11)7-9-2-1-5-19-6-9/h1-2,5-6,8,10H,3-4,7H2,(H,21,22,23). The van der Waals surface area contributed by atoms with E-state index in [-0.39, 0.29) is 17.5 Å². The molecule has 1 aliphatic rings. The number of imidazole rings is 1. The number of halogens is 3. The second-order valence-corrected chi connectivity index (χ2v) is 5.72. The van der Waals surface area contributed by atoms with Crippen molar-refractivity contribution in [1.29, 1.82) is 0 Å². The minimum absolute atomic E-state index is 0.139. The van der Waals surface area contributed by atoms with Crippen molar-refractivity contribution in [3.8, 4) is 0 Å². The zero-order valence-electron chi connectivity index (χ0n) is 12.5. The normalized spacial score (nSPS) is 15.0. The Morgan fingerprint density at radius 1 is 1.25 bits per heavy atom. The Morgan fingerprint density at radius 3 is 2.75 bits per heavy atom. The fraction of sp³-hybridized carbons (Fsp3) is 0.333. The van der Waals surface area contributed by atoms with Gasteiger partial charge in [0.2, 0.25) is 5.82 Å². The van der Waals surface area contributed by atoms with Crippen molar-refractivity contribution in [3.05, 3.63) is 42.2 Å². The van der Waals surface area contributed by atoms with Crippen molar-refractivity contribution in [2.24, 2.45) is 0 Å². The Balaban J connectivity index is 1.80. The summed E-state index contributed by atoms with van der Waals surface area (Å²) in [6.45, 7) is 0.335. The van der Waals surface area contributed by atoms with E-state index in [1.165, 1.54) is 6.33 Å². The lowest BCUT2D eigenvalue weighted by Crippen LogP contribution is -2.15. The molecule has 1 fully saturated rings. The van der Waals surface area contributed by atoms with E-state index in [1.807, 2.05) is 6.07 Å². The molecule has 9 heteroatoms. The highest BCUT2D eigenvalue weighted by molar-refractivity contribution is 5.83. The SMILES string of the molecule is FC(F)(F)c1nc(NC2CC2)c2ncn(Cc3cccnc3)c2n1. The van der Waals surface area contributed by atoms with E-state index in [9.17, 15) is 13.2 Å². The predicted molar refractivity (Wildman–Crippen MR) is 80.3 cm³/mol. The Bertz CT molecular complexity index is 870. The number of anilines is 1. The predicted octanol–water partition coefficient (Wildman–Crippen LogP) is 2.86. The van der Waals surface area contributed by atoms with Gasteiger partial charge in [-0.15, -0.1) is 0 Å². The van der Waals surface area contributed by atoms with Crippen LogP contribution in [0.4, 0.5) is 19.0 Å². The van der Waals surface area contributed by atoms with E-state index >= 15 is 0 Å². The first-order chi connectivity index (χ1) is 11.5. The van der Waals surface area contributed by atoms with E-state index in [0.29, 0.717) is 12.1 Å². The third-order valence-electron chi connectivity index (χ3n) is 3.71. The van der Waals surface area contributed by atoms with Gasteiger partial charge in [-0.05, 0) is 24.5 Å². The zero-order chi connectivity index (χ0) is 16.7. The van der Waals surface area contributed by atoms with Crippen LogP contribution in [-0.4, -0.2) is 30.5 Å². The fourth-order valence-electron chi connectivity index (χ4n) is 2.40. The van der Waals surface area contributed by atoms with Crippen molar-refractivity contribution in [2.45, 2.75) is 31.6 Å². The molecule has 0 aliphatic heterocycles. The van der Waals surface area contributed by atoms with E-state index < -0.39 is 12.0 Å². The summed E-state index contributed by atoms with van der Waals surface area (Å²) in [5.41, 5.74) is 1.35. The number of nitrogens with one attached hydrogen (secondary N) is 1. The van der Waals surface area contributed by atoms with Gasteiger partial charge in [0.1, 0.15) is 5.52 Å². The van der Waals surface area contributed by atoms with Crippen LogP contribution in [0.15, 0.2) is 30.9 Å². The summed E-state index contributed by atoms with van der Waals surface area (Å²) in [6.07, 6.45) is 1.99. The molecule has 0 aromatic carbocycles. The maximum Gasteiger partial charge on any atom is 0.451 e. The molecule has 1 aliphatic carbocycles. The highest BCUT2D eigenvalue weighted by Gasteiger charge is 2.37. The number of hydrogen-bond donors (Lipinski definition) is 1. The van der Waals surface area contributed by atoms with Gasteiger partial charge in [0.15, 0.2) is 11.5 Å². The van der Waals surface area contributed by atoms with Crippen LogP contribution < -0.4 is 5.32 Å². The molecule has 0 bridgehead atoms. The average molecular weight is 334 g/mol. The molecule has 0 atom stereocenters. The highest BCUT2D eigenvalue weighted by Crippen LogP contribution is 2.32. The fourth-order valence-corrected chi connectivity index (χ4v) is 2.40. The highest BCUT2D eigenvalue weighted by atomic mass is 19.4. The minimum atomic E-state index is -4.61. The van der Waals surface area contributed by atoms with Crippen molar-refractivity contribution in [3.63, 3.8) is 0 Å². The molecule has 3 aromatic heterocycles. The van der Waals surface area contributed by atoms with Crippen molar-refractivity contribution < 1.29 is 13.2 Å². The van der Waals surface area contributed by atoms with Gasteiger partial charge in [0, 0.05) is 18.4 Å². The largest absolute Gasteiger partial charge is 0.451 e. The second kappa shape index (κ2) is 5.43. The monoisotopic (exact) mass is 334 g/mol. The number of hydrogen-bond acceptors (Lipinski definition) is 5. The number of aromatic nitrogens is 5. The third kappa shape index (κ3) is 2.89. The van der Waals surface area contributed by atoms with Crippen LogP contribution in [0.3, 0.4) is 0 Å². The first kappa shape index (κ1) is 14.9. The number of nitrogens with zero attached hydrogens (tertiary/aromatic N) is 5. The molecular weight excluding hydrogens is 321 g/mol. The third-order valence-corrected chi connectivity index (χ3v) is 3.71. The molecular formula is C15H13F3N6. The molecule has 1 saturated carbocycles. The summed E-state index contributed by atoms with van der Waals surface area (Å²) in [5.74, 6) is -1.02. The molecule has 0 radical (unpaired) electrons. The first-order valence-corrected chi connectivity index (χ1v) is 7.46. The van der Waals surface area contributed by atoms with Gasteiger partial charge >= 0.3 is 6.18 Å². The van der Waals surface area contributed by atoms with Gasteiger partial charge in [0.25, 0.3) is 0 Å². The summed E-state index contributed by atoms with van der Waals surface area (Å²) >= 11 is 0. The first-order valence-electron chi connectivity index (χ1n) is 7.46. The molecule has 0 amide bonds. The van der Waals surface area contributed by atoms with Gasteiger partial charge in [-0.3, -0.25) is 4.98 Å². The van der Waals surface area contributed by atoms with Gasteiger partial charge in [0.05, 0.1) is 12.9 Å². The van der Waals surface area contributed by atoms with E-state index in [0.717, 1.165) is 18.4 Å². The Labute approximate surface area is 134 Å². The van der Waals surface area contributed by atoms with Crippen molar-refractivity contribution >= 4 is 17.0 Å². The summed E-state index contributed by atoms with van der Waals surface area (Å²) in [4.78, 5) is 15.5. The minimum Gasteiger partial charge on any atom is -0.365 e. The van der Waals surface area contributed by atoms with Gasteiger partial charge in [-0.25, -0.2) is 15.0 Å². The zero-order valence-corrected chi connectivity index (χ0v) is 12.5.